The zero-order valence-corrected chi connectivity index (χ0v) is 10.3. The third-order valence-electron chi connectivity index (χ3n) is 2.61. The Morgan fingerprint density at radius 2 is 2.24 bits per heavy atom. The second-order valence-electron chi connectivity index (χ2n) is 3.99. The van der Waals surface area contributed by atoms with Crippen molar-refractivity contribution in [3.05, 3.63) is 37.5 Å². The van der Waals surface area contributed by atoms with Crippen LogP contribution in [0.2, 0.25) is 0 Å². The average molecular weight is 237 g/mol. The lowest BCUT2D eigenvalue weighted by molar-refractivity contribution is 0.226. The van der Waals surface area contributed by atoms with E-state index in [-0.39, 0.29) is 0 Å². The second-order valence-corrected chi connectivity index (χ2v) is 3.99. The van der Waals surface area contributed by atoms with Crippen LogP contribution < -0.4 is 5.32 Å². The number of hydrogen-bond donors (Lipinski definition) is 1. The minimum Gasteiger partial charge on any atom is -0.385 e. The number of rotatable bonds is 6. The van der Waals surface area contributed by atoms with Crippen LogP contribution in [0.5, 0.6) is 0 Å². The number of halogens is 1. The van der Waals surface area contributed by atoms with Gasteiger partial charge in [-0.25, -0.2) is 9.38 Å². The molecule has 0 radical (unpaired) electrons. The molecule has 0 atom stereocenters. The Morgan fingerprint density at radius 1 is 1.53 bits per heavy atom. The predicted octanol–water partition coefficient (Wildman–Crippen LogP) is 2.60. The maximum absolute atomic E-state index is 12.9. The maximum atomic E-state index is 12.9. The summed E-state index contributed by atoms with van der Waals surface area (Å²) in [6.07, 6.45) is 5.95. The lowest BCUT2D eigenvalue weighted by atomic mass is 10.1. The van der Waals surface area contributed by atoms with E-state index in [9.17, 15) is 4.39 Å². The molecule has 1 saturated heterocycles. The smallest absolute Gasteiger partial charge is 0.140 e. The maximum Gasteiger partial charge on any atom is 0.140 e. The SMILES string of the molecule is C=CNC1CN(C(CCC)=N/C=C(/F)C=C)C1. The summed E-state index contributed by atoms with van der Waals surface area (Å²) >= 11 is 0. The standard InChI is InChI=1S/C13H20FN3/c1-4-7-13(16-8-11(14)5-2)17-9-12(10-17)15-6-3/h5-6,8,12,15H,2-4,7,9-10H2,1H3/b11-8+,16-13?. The molecule has 17 heavy (non-hydrogen) atoms. The number of aliphatic imine (C=N–C) groups is 1. The van der Waals surface area contributed by atoms with Crippen molar-refractivity contribution in [3.63, 3.8) is 0 Å². The van der Waals surface area contributed by atoms with E-state index in [4.69, 9.17) is 0 Å². The quantitative estimate of drug-likeness (QED) is 0.437. The normalized spacial score (nSPS) is 17.6. The summed E-state index contributed by atoms with van der Waals surface area (Å²) in [7, 11) is 0. The highest BCUT2D eigenvalue weighted by molar-refractivity contribution is 5.83. The highest BCUT2D eigenvalue weighted by Crippen LogP contribution is 2.13. The molecule has 1 fully saturated rings. The first-order valence-corrected chi connectivity index (χ1v) is 5.88. The molecule has 0 unspecified atom stereocenters. The van der Waals surface area contributed by atoms with E-state index in [1.54, 1.807) is 6.20 Å². The van der Waals surface area contributed by atoms with Crippen LogP contribution in [0.1, 0.15) is 19.8 Å². The van der Waals surface area contributed by atoms with Gasteiger partial charge in [0.1, 0.15) is 11.7 Å². The number of amidine groups is 1. The van der Waals surface area contributed by atoms with Crippen molar-refractivity contribution in [2.24, 2.45) is 4.99 Å². The summed E-state index contributed by atoms with van der Waals surface area (Å²) in [4.78, 5) is 6.33. The largest absolute Gasteiger partial charge is 0.385 e. The van der Waals surface area contributed by atoms with Crippen molar-refractivity contribution in [2.75, 3.05) is 13.1 Å². The molecule has 0 aromatic carbocycles. The molecule has 1 heterocycles. The topological polar surface area (TPSA) is 27.6 Å². The van der Waals surface area contributed by atoms with Crippen molar-refractivity contribution < 1.29 is 4.39 Å². The molecule has 1 N–H and O–H groups in total. The van der Waals surface area contributed by atoms with E-state index >= 15 is 0 Å². The molecule has 0 spiro atoms. The van der Waals surface area contributed by atoms with Gasteiger partial charge < -0.3 is 10.2 Å². The van der Waals surface area contributed by atoms with E-state index in [1.807, 2.05) is 0 Å². The van der Waals surface area contributed by atoms with Gasteiger partial charge in [0, 0.05) is 19.5 Å². The van der Waals surface area contributed by atoms with Crippen molar-refractivity contribution in [3.8, 4) is 0 Å². The van der Waals surface area contributed by atoms with Gasteiger partial charge in [-0.1, -0.05) is 20.1 Å². The number of likely N-dealkylation sites (tertiary alicyclic amines) is 1. The fourth-order valence-corrected chi connectivity index (χ4v) is 1.68. The molecule has 94 valence electrons. The van der Waals surface area contributed by atoms with Gasteiger partial charge in [-0.3, -0.25) is 0 Å². The van der Waals surface area contributed by atoms with E-state index < -0.39 is 5.83 Å². The summed E-state index contributed by atoms with van der Waals surface area (Å²) in [6.45, 7) is 10.9. The molecule has 1 aliphatic heterocycles. The molecule has 1 aliphatic rings. The molecular weight excluding hydrogens is 217 g/mol. The molecule has 0 saturated carbocycles. The molecular formula is C13H20FN3. The minimum absolute atomic E-state index is 0.403. The molecule has 1 rings (SSSR count). The Hall–Kier alpha value is -1.58. The van der Waals surface area contributed by atoms with Gasteiger partial charge in [0.2, 0.25) is 0 Å². The number of allylic oxidation sites excluding steroid dienone is 2. The van der Waals surface area contributed by atoms with Crippen LogP contribution in [0.25, 0.3) is 0 Å². The van der Waals surface area contributed by atoms with E-state index in [2.05, 4.69) is 35.3 Å². The molecule has 4 heteroatoms. The van der Waals surface area contributed by atoms with Crippen LogP contribution in [0.4, 0.5) is 4.39 Å². The van der Waals surface area contributed by atoms with Gasteiger partial charge in [-0.2, -0.15) is 0 Å². The molecule has 0 aliphatic carbocycles. The Kier molecular flexibility index (Phi) is 5.46. The Balaban J connectivity index is 2.56. The third-order valence-corrected chi connectivity index (χ3v) is 2.61. The number of nitrogens with zero attached hydrogens (tertiary/aromatic N) is 2. The highest BCUT2D eigenvalue weighted by Gasteiger charge is 2.27. The fourth-order valence-electron chi connectivity index (χ4n) is 1.68. The molecule has 3 nitrogen and oxygen atoms in total. The summed E-state index contributed by atoms with van der Waals surface area (Å²) in [5.41, 5.74) is 0. The molecule has 0 aromatic rings. The molecule has 0 amide bonds. The zero-order valence-electron chi connectivity index (χ0n) is 10.3. The third kappa shape index (κ3) is 4.06. The van der Waals surface area contributed by atoms with Gasteiger partial charge >= 0.3 is 0 Å². The van der Waals surface area contributed by atoms with Crippen LogP contribution >= 0.6 is 0 Å². The van der Waals surface area contributed by atoms with Crippen molar-refractivity contribution in [2.45, 2.75) is 25.8 Å². The lowest BCUT2D eigenvalue weighted by Gasteiger charge is -2.41. The van der Waals surface area contributed by atoms with Crippen LogP contribution in [0.15, 0.2) is 42.5 Å². The van der Waals surface area contributed by atoms with Gasteiger partial charge in [0.15, 0.2) is 0 Å². The van der Waals surface area contributed by atoms with Crippen LogP contribution in [-0.2, 0) is 0 Å². The summed E-state index contributed by atoms with van der Waals surface area (Å²) < 4.78 is 12.9. The van der Waals surface area contributed by atoms with Crippen LogP contribution in [0.3, 0.4) is 0 Å². The van der Waals surface area contributed by atoms with E-state index in [0.717, 1.165) is 37.8 Å². The van der Waals surface area contributed by atoms with Crippen molar-refractivity contribution >= 4 is 5.84 Å². The average Bonchev–Trinajstić information content (AvgIpc) is 2.28. The first-order chi connectivity index (χ1) is 8.21. The number of hydrogen-bond acceptors (Lipinski definition) is 2. The van der Waals surface area contributed by atoms with Crippen molar-refractivity contribution in [1.29, 1.82) is 0 Å². The molecule has 0 bridgehead atoms. The van der Waals surface area contributed by atoms with Crippen LogP contribution in [0, 0.1) is 0 Å². The van der Waals surface area contributed by atoms with Crippen LogP contribution in [-0.4, -0.2) is 29.9 Å². The first-order valence-electron chi connectivity index (χ1n) is 5.88. The van der Waals surface area contributed by atoms with Gasteiger partial charge in [-0.05, 0) is 18.7 Å². The van der Waals surface area contributed by atoms with Gasteiger partial charge in [-0.15, -0.1) is 0 Å². The Morgan fingerprint density at radius 3 is 2.76 bits per heavy atom. The van der Waals surface area contributed by atoms with Gasteiger partial charge in [0.05, 0.1) is 12.2 Å². The second kappa shape index (κ2) is 6.89. The number of nitrogens with one attached hydrogen (secondary N) is 1. The van der Waals surface area contributed by atoms with Gasteiger partial charge in [0.25, 0.3) is 0 Å². The zero-order chi connectivity index (χ0) is 12.7. The highest BCUT2D eigenvalue weighted by atomic mass is 19.1. The Bertz CT molecular complexity index is 328. The van der Waals surface area contributed by atoms with E-state index in [0.29, 0.717) is 6.04 Å². The summed E-state index contributed by atoms with van der Waals surface area (Å²) in [5.74, 6) is 0.534. The lowest BCUT2D eigenvalue weighted by Crippen LogP contribution is -2.58. The summed E-state index contributed by atoms with van der Waals surface area (Å²) in [6, 6.07) is 0.433. The molecule has 0 aromatic heterocycles. The Labute approximate surface area is 102 Å². The fraction of sp³-hybridized carbons (Fsp3) is 0.462. The first kappa shape index (κ1) is 13.5. The van der Waals surface area contributed by atoms with E-state index in [1.165, 1.54) is 6.20 Å². The van der Waals surface area contributed by atoms with Crippen molar-refractivity contribution in [1.82, 2.24) is 10.2 Å². The summed E-state index contributed by atoms with van der Waals surface area (Å²) in [5, 5.41) is 3.15. The minimum atomic E-state index is -0.403. The monoisotopic (exact) mass is 237 g/mol. The predicted molar refractivity (Wildman–Crippen MR) is 70.4 cm³/mol.